The third-order valence-corrected chi connectivity index (χ3v) is 5.87. The van der Waals surface area contributed by atoms with Gasteiger partial charge in [0.25, 0.3) is 11.8 Å². The zero-order valence-corrected chi connectivity index (χ0v) is 17.7. The lowest BCUT2D eigenvalue weighted by Crippen LogP contribution is -2.34. The molecule has 4 rings (SSSR count). The van der Waals surface area contributed by atoms with Gasteiger partial charge < -0.3 is 9.64 Å². The number of ether oxygens (including phenoxy) is 1. The minimum absolute atomic E-state index is 0.246. The predicted molar refractivity (Wildman–Crippen MR) is 118 cm³/mol. The van der Waals surface area contributed by atoms with Crippen LogP contribution in [-0.4, -0.2) is 36.9 Å². The van der Waals surface area contributed by atoms with Crippen LogP contribution in [0.4, 0.5) is 5.69 Å². The summed E-state index contributed by atoms with van der Waals surface area (Å²) in [7, 11) is 1.59. The van der Waals surface area contributed by atoms with Gasteiger partial charge in [-0.05, 0) is 49.4 Å². The average molecular weight is 405 g/mol. The van der Waals surface area contributed by atoms with Gasteiger partial charge in [-0.3, -0.25) is 9.59 Å². The summed E-state index contributed by atoms with van der Waals surface area (Å²) < 4.78 is 5.51. The Bertz CT molecular complexity index is 972. The van der Waals surface area contributed by atoms with Crippen molar-refractivity contribution < 1.29 is 14.3 Å². The molecule has 0 aromatic heterocycles. The van der Waals surface area contributed by atoms with Gasteiger partial charge >= 0.3 is 0 Å². The Labute approximate surface area is 177 Å². The Morgan fingerprint density at radius 2 is 1.63 bits per heavy atom. The molecule has 0 N–H and O–H groups in total. The quantitative estimate of drug-likeness (QED) is 0.641. The summed E-state index contributed by atoms with van der Waals surface area (Å²) in [5.41, 5.74) is 3.44. The van der Waals surface area contributed by atoms with Gasteiger partial charge in [0.2, 0.25) is 0 Å². The van der Waals surface area contributed by atoms with Crippen molar-refractivity contribution in [3.63, 3.8) is 0 Å². The molecule has 0 saturated carbocycles. The fraction of sp³-hybridized carbons (Fsp3) is 0.360. The van der Waals surface area contributed by atoms with Crippen molar-refractivity contribution in [2.24, 2.45) is 0 Å². The van der Waals surface area contributed by atoms with Gasteiger partial charge in [-0.15, -0.1) is 0 Å². The minimum atomic E-state index is -0.285. The van der Waals surface area contributed by atoms with Crippen LogP contribution in [0.3, 0.4) is 0 Å². The first kappa shape index (κ1) is 20.2. The molecule has 0 radical (unpaired) electrons. The van der Waals surface area contributed by atoms with E-state index in [2.05, 4.69) is 11.8 Å². The lowest BCUT2D eigenvalue weighted by atomic mass is 10.0. The van der Waals surface area contributed by atoms with E-state index in [1.807, 2.05) is 48.5 Å². The van der Waals surface area contributed by atoms with Gasteiger partial charge in [-0.1, -0.05) is 43.7 Å². The third-order valence-electron chi connectivity index (χ3n) is 5.87. The molecular formula is C25H28N2O3. The van der Waals surface area contributed by atoms with E-state index in [0.29, 0.717) is 28.3 Å². The zero-order chi connectivity index (χ0) is 21.1. The lowest BCUT2D eigenvalue weighted by Gasteiger charge is -2.20. The second kappa shape index (κ2) is 8.74. The van der Waals surface area contributed by atoms with Crippen LogP contribution in [0.2, 0.25) is 0 Å². The van der Waals surface area contributed by atoms with Crippen molar-refractivity contribution in [1.29, 1.82) is 0 Å². The maximum atomic E-state index is 13.6. The number of aryl methyl sites for hydroxylation is 1. The fourth-order valence-corrected chi connectivity index (χ4v) is 4.27. The number of nitrogens with zero attached hydrogens (tertiary/aromatic N) is 2. The molecule has 2 aromatic rings. The minimum Gasteiger partial charge on any atom is -0.496 e. The third kappa shape index (κ3) is 3.60. The number of para-hydroxylation sites is 1. The first-order chi connectivity index (χ1) is 14.7. The molecule has 1 fully saturated rings. The lowest BCUT2D eigenvalue weighted by molar-refractivity contribution is -0.120. The number of imide groups is 1. The van der Waals surface area contributed by atoms with E-state index in [1.54, 1.807) is 7.11 Å². The highest BCUT2D eigenvalue weighted by Crippen LogP contribution is 2.39. The number of unbranched alkanes of at least 4 members (excludes halogenated alkanes) is 1. The van der Waals surface area contributed by atoms with Crippen molar-refractivity contribution in [2.75, 3.05) is 25.1 Å². The van der Waals surface area contributed by atoms with Gasteiger partial charge in [-0.25, -0.2) is 4.90 Å². The smallest absolute Gasteiger partial charge is 0.282 e. The second-order valence-electron chi connectivity index (χ2n) is 7.83. The molecule has 0 spiro atoms. The second-order valence-corrected chi connectivity index (χ2v) is 7.83. The number of rotatable bonds is 7. The van der Waals surface area contributed by atoms with Crippen molar-refractivity contribution in [1.82, 2.24) is 4.90 Å². The topological polar surface area (TPSA) is 49.9 Å². The first-order valence-corrected chi connectivity index (χ1v) is 10.8. The van der Waals surface area contributed by atoms with E-state index in [0.717, 1.165) is 45.2 Å². The van der Waals surface area contributed by atoms with Crippen molar-refractivity contribution >= 4 is 23.1 Å². The standard InChI is InChI=1S/C25H28N2O3/c1-3-4-9-18-12-14-19(15-13-18)27-24(28)22(20-10-5-6-11-21(20)30-2)23(25(27)29)26-16-7-8-17-26/h5-6,10-15H,3-4,7-9,16-17H2,1-2H3. The Morgan fingerprint density at radius 3 is 2.30 bits per heavy atom. The van der Waals surface area contributed by atoms with Gasteiger partial charge in [0.05, 0.1) is 18.4 Å². The molecule has 0 aliphatic carbocycles. The summed E-state index contributed by atoms with van der Waals surface area (Å²) in [6.07, 6.45) is 5.31. The summed E-state index contributed by atoms with van der Waals surface area (Å²) in [4.78, 5) is 30.5. The van der Waals surface area contributed by atoms with Gasteiger partial charge in [0.1, 0.15) is 11.4 Å². The Balaban J connectivity index is 1.75. The summed E-state index contributed by atoms with van der Waals surface area (Å²) in [6.45, 7) is 3.74. The van der Waals surface area contributed by atoms with Crippen LogP contribution in [0, 0.1) is 0 Å². The van der Waals surface area contributed by atoms with E-state index in [4.69, 9.17) is 4.74 Å². The van der Waals surface area contributed by atoms with E-state index >= 15 is 0 Å². The number of carbonyl (C=O) groups is 2. The monoisotopic (exact) mass is 404 g/mol. The van der Waals surface area contributed by atoms with Crippen LogP contribution in [-0.2, 0) is 16.0 Å². The van der Waals surface area contributed by atoms with Gasteiger partial charge in [0, 0.05) is 18.7 Å². The number of amides is 2. The van der Waals surface area contributed by atoms with Crippen LogP contribution in [0.5, 0.6) is 5.75 Å². The number of benzene rings is 2. The predicted octanol–water partition coefficient (Wildman–Crippen LogP) is 4.42. The molecule has 0 bridgehead atoms. The molecule has 2 aromatic carbocycles. The molecule has 2 amide bonds. The largest absolute Gasteiger partial charge is 0.496 e. The van der Waals surface area contributed by atoms with Crippen LogP contribution in [0.1, 0.15) is 43.7 Å². The normalized spacial score (nSPS) is 16.7. The Hall–Kier alpha value is -3.08. The molecule has 5 nitrogen and oxygen atoms in total. The molecule has 0 unspecified atom stereocenters. The molecule has 2 aliphatic rings. The number of methoxy groups -OCH3 is 1. The molecule has 30 heavy (non-hydrogen) atoms. The van der Waals surface area contributed by atoms with Crippen LogP contribution in [0.15, 0.2) is 54.2 Å². The van der Waals surface area contributed by atoms with Crippen LogP contribution in [0.25, 0.3) is 5.57 Å². The number of hydrogen-bond donors (Lipinski definition) is 0. The van der Waals surface area contributed by atoms with Crippen molar-refractivity contribution in [3.8, 4) is 5.75 Å². The highest BCUT2D eigenvalue weighted by molar-refractivity contribution is 6.45. The Morgan fingerprint density at radius 1 is 0.933 bits per heavy atom. The summed E-state index contributed by atoms with van der Waals surface area (Å²) in [5.74, 6) is 0.0685. The number of hydrogen-bond acceptors (Lipinski definition) is 4. The summed E-state index contributed by atoms with van der Waals surface area (Å²) in [6, 6.07) is 15.2. The van der Waals surface area contributed by atoms with Crippen LogP contribution >= 0.6 is 0 Å². The van der Waals surface area contributed by atoms with E-state index < -0.39 is 0 Å². The zero-order valence-electron chi connectivity index (χ0n) is 17.7. The average Bonchev–Trinajstić information content (AvgIpc) is 3.39. The summed E-state index contributed by atoms with van der Waals surface area (Å²) in [5, 5.41) is 0. The van der Waals surface area contributed by atoms with Crippen molar-refractivity contribution in [2.45, 2.75) is 39.0 Å². The van der Waals surface area contributed by atoms with E-state index in [9.17, 15) is 9.59 Å². The highest BCUT2D eigenvalue weighted by atomic mass is 16.5. The molecular weight excluding hydrogens is 376 g/mol. The first-order valence-electron chi connectivity index (χ1n) is 10.8. The molecule has 5 heteroatoms. The fourth-order valence-electron chi connectivity index (χ4n) is 4.27. The number of likely N-dealkylation sites (tertiary alicyclic amines) is 1. The van der Waals surface area contributed by atoms with E-state index in [1.165, 1.54) is 10.5 Å². The molecule has 2 aliphatic heterocycles. The van der Waals surface area contributed by atoms with Gasteiger partial charge in [0.15, 0.2) is 0 Å². The highest BCUT2D eigenvalue weighted by Gasteiger charge is 2.43. The maximum Gasteiger partial charge on any atom is 0.282 e. The Kier molecular flexibility index (Phi) is 5.88. The molecule has 2 heterocycles. The van der Waals surface area contributed by atoms with Crippen LogP contribution < -0.4 is 9.64 Å². The molecule has 0 atom stereocenters. The molecule has 1 saturated heterocycles. The van der Waals surface area contributed by atoms with E-state index in [-0.39, 0.29) is 11.8 Å². The summed E-state index contributed by atoms with van der Waals surface area (Å²) >= 11 is 0. The number of carbonyl (C=O) groups excluding carboxylic acids is 2. The molecule has 156 valence electrons. The number of anilines is 1. The maximum absolute atomic E-state index is 13.6. The SMILES string of the molecule is CCCCc1ccc(N2C(=O)C(c3ccccc3OC)=C(N3CCCC3)C2=O)cc1. The van der Waals surface area contributed by atoms with Gasteiger partial charge in [-0.2, -0.15) is 0 Å². The van der Waals surface area contributed by atoms with Crippen molar-refractivity contribution in [3.05, 3.63) is 65.4 Å².